The van der Waals surface area contributed by atoms with Crippen LogP contribution in [0, 0.1) is 24.1 Å². The van der Waals surface area contributed by atoms with Gasteiger partial charge in [0.15, 0.2) is 0 Å². The van der Waals surface area contributed by atoms with Gasteiger partial charge in [-0.15, -0.1) is 0 Å². The van der Waals surface area contributed by atoms with Gasteiger partial charge in [0, 0.05) is 11.6 Å². The summed E-state index contributed by atoms with van der Waals surface area (Å²) in [6.45, 7) is 1.81. The van der Waals surface area contributed by atoms with Crippen molar-refractivity contribution in [2.45, 2.75) is 6.92 Å². The molecular formula is C11H7FN2. The summed E-state index contributed by atoms with van der Waals surface area (Å²) in [6, 6.07) is 6.85. The van der Waals surface area contributed by atoms with Crippen LogP contribution < -0.4 is 0 Å². The van der Waals surface area contributed by atoms with E-state index in [1.165, 1.54) is 12.3 Å². The first-order valence-corrected chi connectivity index (χ1v) is 4.17. The molecule has 0 atom stereocenters. The van der Waals surface area contributed by atoms with Gasteiger partial charge in [0.25, 0.3) is 0 Å². The lowest BCUT2D eigenvalue weighted by atomic mass is 10.1. The third-order valence-electron chi connectivity index (χ3n) is 2.01. The number of hydrogen-bond donors (Lipinski definition) is 0. The highest BCUT2D eigenvalue weighted by atomic mass is 19.1. The smallest absolute Gasteiger partial charge is 0.149 e. The lowest BCUT2D eigenvalue weighted by molar-refractivity contribution is 0.635. The molecule has 1 aromatic heterocycles. The highest BCUT2D eigenvalue weighted by molar-refractivity contribution is 5.80. The maximum absolute atomic E-state index is 13.3. The molecule has 68 valence electrons. The van der Waals surface area contributed by atoms with Gasteiger partial charge in [0.05, 0.1) is 5.56 Å². The van der Waals surface area contributed by atoms with Crippen molar-refractivity contribution in [2.24, 2.45) is 0 Å². The second-order valence-electron chi connectivity index (χ2n) is 3.15. The summed E-state index contributed by atoms with van der Waals surface area (Å²) in [5, 5.41) is 9.32. The van der Waals surface area contributed by atoms with Gasteiger partial charge in [-0.2, -0.15) is 5.26 Å². The third-order valence-corrected chi connectivity index (χ3v) is 2.01. The summed E-state index contributed by atoms with van der Waals surface area (Å²) in [4.78, 5) is 3.90. The van der Waals surface area contributed by atoms with E-state index >= 15 is 0 Å². The van der Waals surface area contributed by atoms with E-state index in [-0.39, 0.29) is 5.82 Å². The van der Waals surface area contributed by atoms with E-state index < -0.39 is 0 Å². The Kier molecular flexibility index (Phi) is 1.90. The van der Waals surface area contributed by atoms with Gasteiger partial charge in [0.2, 0.25) is 0 Å². The lowest BCUT2D eigenvalue weighted by Crippen LogP contribution is -1.87. The van der Waals surface area contributed by atoms with Crippen LogP contribution >= 0.6 is 0 Å². The van der Waals surface area contributed by atoms with Crippen molar-refractivity contribution < 1.29 is 4.39 Å². The average molecular weight is 186 g/mol. The molecule has 0 aliphatic rings. The quantitative estimate of drug-likeness (QED) is 0.634. The molecule has 2 aromatic rings. The Morgan fingerprint density at radius 3 is 2.86 bits per heavy atom. The fraction of sp³-hybridized carbons (Fsp3) is 0.0909. The largest absolute Gasteiger partial charge is 0.252 e. The monoisotopic (exact) mass is 186 g/mol. The van der Waals surface area contributed by atoms with Crippen LogP contribution in [-0.4, -0.2) is 4.98 Å². The van der Waals surface area contributed by atoms with Gasteiger partial charge in [-0.1, -0.05) is 0 Å². The molecule has 0 aliphatic carbocycles. The summed E-state index contributed by atoms with van der Waals surface area (Å²) < 4.78 is 13.3. The molecule has 1 heterocycles. The number of nitrogens with zero attached hydrogens (tertiary/aromatic N) is 2. The minimum atomic E-state index is -0.343. The fourth-order valence-electron chi connectivity index (χ4n) is 1.41. The van der Waals surface area contributed by atoms with Gasteiger partial charge in [-0.3, -0.25) is 4.98 Å². The summed E-state index contributed by atoms with van der Waals surface area (Å²) in [6.07, 6.45) is 1.38. The number of nitriles is 1. The Labute approximate surface area is 80.6 Å². The van der Waals surface area contributed by atoms with E-state index in [1.54, 1.807) is 6.07 Å². The van der Waals surface area contributed by atoms with Crippen molar-refractivity contribution in [3.8, 4) is 6.07 Å². The fourth-order valence-corrected chi connectivity index (χ4v) is 1.41. The molecule has 0 bridgehead atoms. The maximum atomic E-state index is 13.3. The van der Waals surface area contributed by atoms with Crippen LogP contribution in [0.4, 0.5) is 4.39 Å². The number of pyridine rings is 1. The van der Waals surface area contributed by atoms with Crippen LogP contribution in [0.5, 0.6) is 0 Å². The van der Waals surface area contributed by atoms with Crippen molar-refractivity contribution in [3.05, 3.63) is 41.3 Å². The van der Waals surface area contributed by atoms with E-state index in [4.69, 9.17) is 5.26 Å². The first-order chi connectivity index (χ1) is 6.70. The zero-order valence-electron chi connectivity index (χ0n) is 7.58. The second-order valence-corrected chi connectivity index (χ2v) is 3.15. The number of benzene rings is 1. The first-order valence-electron chi connectivity index (χ1n) is 4.17. The number of fused-ring (bicyclic) bond motifs is 1. The molecule has 0 spiro atoms. The first kappa shape index (κ1) is 8.64. The van der Waals surface area contributed by atoms with Crippen LogP contribution in [0.2, 0.25) is 0 Å². The van der Waals surface area contributed by atoms with Crippen molar-refractivity contribution in [1.82, 2.24) is 4.98 Å². The van der Waals surface area contributed by atoms with Crippen LogP contribution in [0.15, 0.2) is 24.4 Å². The van der Waals surface area contributed by atoms with Crippen molar-refractivity contribution in [2.75, 3.05) is 0 Å². The molecule has 14 heavy (non-hydrogen) atoms. The molecule has 0 aliphatic heterocycles. The zero-order valence-corrected chi connectivity index (χ0v) is 7.58. The number of rotatable bonds is 0. The Morgan fingerprint density at radius 1 is 1.36 bits per heavy atom. The van der Waals surface area contributed by atoms with E-state index in [1.807, 2.05) is 19.1 Å². The molecule has 3 heteroatoms. The highest BCUT2D eigenvalue weighted by Crippen LogP contribution is 2.18. The summed E-state index contributed by atoms with van der Waals surface area (Å²) in [5.74, 6) is -0.343. The second kappa shape index (κ2) is 3.08. The van der Waals surface area contributed by atoms with E-state index in [0.29, 0.717) is 16.5 Å². The molecule has 0 fully saturated rings. The number of halogens is 1. The van der Waals surface area contributed by atoms with Crippen LogP contribution in [0.3, 0.4) is 0 Å². The maximum Gasteiger partial charge on any atom is 0.149 e. The number of aryl methyl sites for hydroxylation is 1. The average Bonchev–Trinajstić information content (AvgIpc) is 2.16. The molecule has 2 rings (SSSR count). The van der Waals surface area contributed by atoms with Crippen LogP contribution in [0.25, 0.3) is 10.9 Å². The zero-order chi connectivity index (χ0) is 10.1. The molecule has 2 nitrogen and oxygen atoms in total. The Balaban J connectivity index is 2.83. The van der Waals surface area contributed by atoms with Crippen molar-refractivity contribution >= 4 is 10.9 Å². The van der Waals surface area contributed by atoms with E-state index in [9.17, 15) is 4.39 Å². The Morgan fingerprint density at radius 2 is 2.14 bits per heavy atom. The predicted octanol–water partition coefficient (Wildman–Crippen LogP) is 2.55. The van der Waals surface area contributed by atoms with Gasteiger partial charge in [-0.05, 0) is 30.7 Å². The minimum absolute atomic E-state index is 0.314. The van der Waals surface area contributed by atoms with Crippen molar-refractivity contribution in [3.63, 3.8) is 0 Å². The van der Waals surface area contributed by atoms with Crippen LogP contribution in [0.1, 0.15) is 11.1 Å². The predicted molar refractivity (Wildman–Crippen MR) is 51.2 cm³/mol. The van der Waals surface area contributed by atoms with E-state index in [0.717, 1.165) is 5.56 Å². The normalized spacial score (nSPS) is 10.1. The van der Waals surface area contributed by atoms with Crippen LogP contribution in [-0.2, 0) is 0 Å². The summed E-state index contributed by atoms with van der Waals surface area (Å²) in [7, 11) is 0. The van der Waals surface area contributed by atoms with E-state index in [2.05, 4.69) is 4.98 Å². The topological polar surface area (TPSA) is 36.7 Å². The highest BCUT2D eigenvalue weighted by Gasteiger charge is 2.03. The molecule has 0 saturated carbocycles. The Bertz CT molecular complexity index is 541. The molecule has 0 saturated heterocycles. The molecule has 0 amide bonds. The van der Waals surface area contributed by atoms with Gasteiger partial charge in [-0.25, -0.2) is 4.39 Å². The third kappa shape index (κ3) is 1.31. The van der Waals surface area contributed by atoms with Gasteiger partial charge >= 0.3 is 0 Å². The summed E-state index contributed by atoms with van der Waals surface area (Å²) >= 11 is 0. The molecule has 0 N–H and O–H groups in total. The minimum Gasteiger partial charge on any atom is -0.252 e. The number of hydrogen-bond acceptors (Lipinski definition) is 2. The molecular weight excluding hydrogens is 179 g/mol. The molecule has 1 aromatic carbocycles. The molecule has 0 unspecified atom stereocenters. The van der Waals surface area contributed by atoms with Crippen molar-refractivity contribution in [1.29, 1.82) is 5.26 Å². The lowest BCUT2D eigenvalue weighted by Gasteiger charge is -2.00. The SMILES string of the molecule is Cc1cc(F)c2ncc(C#N)cc2c1. The number of aromatic nitrogens is 1. The summed E-state index contributed by atoms with van der Waals surface area (Å²) in [5.41, 5.74) is 1.59. The Hall–Kier alpha value is -1.95. The standard InChI is InChI=1S/C11H7FN2/c1-7-2-9-4-8(5-13)6-14-11(9)10(12)3-7/h2-4,6H,1H3. The van der Waals surface area contributed by atoms with Gasteiger partial charge < -0.3 is 0 Å². The van der Waals surface area contributed by atoms with Gasteiger partial charge in [0.1, 0.15) is 17.4 Å². The molecule has 0 radical (unpaired) electrons.